The largest absolute Gasteiger partial charge is 0.424 e. The van der Waals surface area contributed by atoms with Crippen LogP contribution < -0.4 is 0 Å². The average Bonchev–Trinajstić information content (AvgIpc) is 2.54. The van der Waals surface area contributed by atoms with Crippen LogP contribution in [0.25, 0.3) is 0 Å². The van der Waals surface area contributed by atoms with Crippen LogP contribution in [0.15, 0.2) is 0 Å². The number of nitriles is 1. The molecule has 0 saturated heterocycles. The van der Waals surface area contributed by atoms with E-state index in [1.54, 1.807) is 0 Å². The minimum Gasteiger partial charge on any atom is -0.424 e. The number of ether oxygens (including phenoxy) is 1. The van der Waals surface area contributed by atoms with Crippen molar-refractivity contribution >= 4 is 0 Å². The zero-order valence-electron chi connectivity index (χ0n) is 14.2. The summed E-state index contributed by atoms with van der Waals surface area (Å²) in [5, 5.41) is 8.47. The Labute approximate surface area is 126 Å². The Morgan fingerprint density at radius 2 is 1.30 bits per heavy atom. The Hall–Kier alpha value is -0.710. The van der Waals surface area contributed by atoms with Crippen molar-refractivity contribution in [2.75, 3.05) is 0 Å². The van der Waals surface area contributed by atoms with Crippen LogP contribution in [0, 0.1) is 23.4 Å². The van der Waals surface area contributed by atoms with Gasteiger partial charge in [0, 0.05) is 0 Å². The van der Waals surface area contributed by atoms with E-state index in [0.717, 1.165) is 24.7 Å². The standard InChI is InChI=1S/C14H23NO.2C2H6/c15-11-16-14-8-6-13(7-9-14)10-12-4-2-1-3-5-12;2*1-2/h12-14H,1-10H2;2*1-2H3. The molecule has 0 aromatic carbocycles. The second-order valence-electron chi connectivity index (χ2n) is 5.59. The van der Waals surface area contributed by atoms with Gasteiger partial charge in [-0.05, 0) is 43.9 Å². The van der Waals surface area contributed by atoms with Crippen LogP contribution in [-0.4, -0.2) is 6.10 Å². The number of hydrogen-bond acceptors (Lipinski definition) is 2. The Morgan fingerprint density at radius 3 is 1.80 bits per heavy atom. The number of nitrogens with zero attached hydrogens (tertiary/aromatic N) is 1. The monoisotopic (exact) mass is 281 g/mol. The van der Waals surface area contributed by atoms with Gasteiger partial charge in [0.2, 0.25) is 0 Å². The lowest BCUT2D eigenvalue weighted by Gasteiger charge is -2.31. The maximum atomic E-state index is 8.47. The van der Waals surface area contributed by atoms with E-state index in [-0.39, 0.29) is 6.10 Å². The van der Waals surface area contributed by atoms with Crippen molar-refractivity contribution in [1.82, 2.24) is 0 Å². The van der Waals surface area contributed by atoms with Crippen LogP contribution in [0.1, 0.15) is 91.9 Å². The highest BCUT2D eigenvalue weighted by atomic mass is 16.5. The lowest BCUT2D eigenvalue weighted by atomic mass is 9.77. The normalized spacial score (nSPS) is 26.1. The Kier molecular flexibility index (Phi) is 12.8. The first-order valence-corrected chi connectivity index (χ1v) is 8.93. The summed E-state index contributed by atoms with van der Waals surface area (Å²) in [5.41, 5.74) is 0. The van der Waals surface area contributed by atoms with E-state index in [0.29, 0.717) is 0 Å². The molecule has 2 fully saturated rings. The lowest BCUT2D eigenvalue weighted by molar-refractivity contribution is 0.0919. The van der Waals surface area contributed by atoms with E-state index >= 15 is 0 Å². The lowest BCUT2D eigenvalue weighted by Crippen LogP contribution is -2.22. The predicted molar refractivity (Wildman–Crippen MR) is 86.3 cm³/mol. The first-order chi connectivity index (χ1) is 9.88. The van der Waals surface area contributed by atoms with Crippen LogP contribution in [0.2, 0.25) is 0 Å². The zero-order chi connectivity index (χ0) is 15.2. The summed E-state index contributed by atoms with van der Waals surface area (Å²) in [6, 6.07) is 0. The van der Waals surface area contributed by atoms with Gasteiger partial charge in [-0.3, -0.25) is 0 Å². The molecule has 0 bridgehead atoms. The summed E-state index contributed by atoms with van der Waals surface area (Å²) >= 11 is 0. The maximum absolute atomic E-state index is 8.47. The van der Waals surface area contributed by atoms with Gasteiger partial charge in [0.15, 0.2) is 0 Å². The van der Waals surface area contributed by atoms with Gasteiger partial charge in [-0.25, -0.2) is 0 Å². The molecule has 0 atom stereocenters. The van der Waals surface area contributed by atoms with Crippen molar-refractivity contribution < 1.29 is 4.74 Å². The topological polar surface area (TPSA) is 33.0 Å². The summed E-state index contributed by atoms with van der Waals surface area (Å²) < 4.78 is 5.03. The molecule has 0 N–H and O–H groups in total. The van der Waals surface area contributed by atoms with Crippen molar-refractivity contribution in [3.05, 3.63) is 0 Å². The van der Waals surface area contributed by atoms with E-state index in [4.69, 9.17) is 10.00 Å². The van der Waals surface area contributed by atoms with Crippen LogP contribution in [0.5, 0.6) is 0 Å². The van der Waals surface area contributed by atoms with Gasteiger partial charge in [0.1, 0.15) is 6.10 Å². The summed E-state index contributed by atoms with van der Waals surface area (Å²) in [6.07, 6.45) is 15.6. The van der Waals surface area contributed by atoms with E-state index in [1.807, 2.05) is 34.0 Å². The molecule has 118 valence electrons. The minimum absolute atomic E-state index is 0.229. The molecule has 0 aliphatic heterocycles. The second-order valence-corrected chi connectivity index (χ2v) is 5.59. The molecule has 2 heteroatoms. The Morgan fingerprint density at radius 1 is 0.800 bits per heavy atom. The van der Waals surface area contributed by atoms with Crippen LogP contribution >= 0.6 is 0 Å². The quantitative estimate of drug-likeness (QED) is 0.588. The van der Waals surface area contributed by atoms with E-state index in [2.05, 4.69) is 0 Å². The molecule has 2 nitrogen and oxygen atoms in total. The summed E-state index contributed by atoms with van der Waals surface area (Å²) in [5.74, 6) is 1.92. The summed E-state index contributed by atoms with van der Waals surface area (Å²) in [7, 11) is 0. The Bertz CT molecular complexity index is 232. The van der Waals surface area contributed by atoms with Crippen molar-refractivity contribution in [3.8, 4) is 6.26 Å². The zero-order valence-corrected chi connectivity index (χ0v) is 14.2. The van der Waals surface area contributed by atoms with Crippen molar-refractivity contribution in [2.24, 2.45) is 11.8 Å². The van der Waals surface area contributed by atoms with Crippen molar-refractivity contribution in [1.29, 1.82) is 5.26 Å². The van der Waals surface area contributed by atoms with Gasteiger partial charge in [0.25, 0.3) is 6.26 Å². The predicted octanol–water partition coefficient (Wildman–Crippen LogP) is 6.07. The fourth-order valence-electron chi connectivity index (χ4n) is 3.45. The van der Waals surface area contributed by atoms with Gasteiger partial charge in [-0.1, -0.05) is 59.8 Å². The van der Waals surface area contributed by atoms with Crippen molar-refractivity contribution in [3.63, 3.8) is 0 Å². The molecule has 0 radical (unpaired) electrons. The smallest absolute Gasteiger partial charge is 0.286 e. The van der Waals surface area contributed by atoms with Crippen LogP contribution in [0.3, 0.4) is 0 Å². The molecule has 2 aliphatic rings. The maximum Gasteiger partial charge on any atom is 0.286 e. The number of rotatable bonds is 3. The minimum atomic E-state index is 0.229. The molecule has 2 aliphatic carbocycles. The van der Waals surface area contributed by atoms with Gasteiger partial charge in [0.05, 0.1) is 0 Å². The third-order valence-corrected chi connectivity index (χ3v) is 4.40. The third kappa shape index (κ3) is 7.78. The average molecular weight is 281 g/mol. The first-order valence-electron chi connectivity index (χ1n) is 8.93. The van der Waals surface area contributed by atoms with E-state index < -0.39 is 0 Å². The highest BCUT2D eigenvalue weighted by Crippen LogP contribution is 2.35. The molecular formula is C18H35NO. The highest BCUT2D eigenvalue weighted by molar-refractivity contribution is 4.78. The SMILES string of the molecule is CC.CC.N#COC1CCC(CC2CCCCC2)CC1. The molecule has 0 aromatic rings. The summed E-state index contributed by atoms with van der Waals surface area (Å²) in [4.78, 5) is 0. The van der Waals surface area contributed by atoms with Gasteiger partial charge >= 0.3 is 0 Å². The molecule has 2 saturated carbocycles. The van der Waals surface area contributed by atoms with Gasteiger partial charge < -0.3 is 4.74 Å². The molecular weight excluding hydrogens is 246 g/mol. The van der Waals surface area contributed by atoms with E-state index in [1.165, 1.54) is 51.4 Å². The molecule has 20 heavy (non-hydrogen) atoms. The highest BCUT2D eigenvalue weighted by Gasteiger charge is 2.25. The molecule has 0 unspecified atom stereocenters. The molecule has 0 heterocycles. The molecule has 2 rings (SSSR count). The van der Waals surface area contributed by atoms with Gasteiger partial charge in [-0.15, -0.1) is 0 Å². The van der Waals surface area contributed by atoms with Crippen molar-refractivity contribution in [2.45, 2.75) is 98.0 Å². The second kappa shape index (κ2) is 13.3. The van der Waals surface area contributed by atoms with Gasteiger partial charge in [-0.2, -0.15) is 5.26 Å². The first kappa shape index (κ1) is 19.3. The fraction of sp³-hybridized carbons (Fsp3) is 0.944. The molecule has 0 amide bonds. The molecule has 0 aromatic heterocycles. The summed E-state index contributed by atoms with van der Waals surface area (Å²) in [6.45, 7) is 8.00. The third-order valence-electron chi connectivity index (χ3n) is 4.40. The Balaban J connectivity index is 0.000000829. The van der Waals surface area contributed by atoms with E-state index in [9.17, 15) is 0 Å². The van der Waals surface area contributed by atoms with Crippen LogP contribution in [0.4, 0.5) is 0 Å². The van der Waals surface area contributed by atoms with Crippen LogP contribution in [-0.2, 0) is 4.74 Å². The fourth-order valence-corrected chi connectivity index (χ4v) is 3.45. The molecule has 0 spiro atoms. The number of hydrogen-bond donors (Lipinski definition) is 0.